The first-order valence-electron chi connectivity index (χ1n) is 10.8. The molecule has 1 N–H and O–H groups in total. The van der Waals surface area contributed by atoms with E-state index in [0.717, 1.165) is 52.9 Å². The number of fused-ring (bicyclic) bond motifs is 1. The topological polar surface area (TPSA) is 59.8 Å². The van der Waals surface area contributed by atoms with Gasteiger partial charge in [0.2, 0.25) is 0 Å². The van der Waals surface area contributed by atoms with E-state index in [-0.39, 0.29) is 5.91 Å². The molecule has 0 aliphatic carbocycles. The summed E-state index contributed by atoms with van der Waals surface area (Å²) in [5.41, 5.74) is 3.76. The summed E-state index contributed by atoms with van der Waals surface area (Å²) in [6.07, 6.45) is 4.57. The summed E-state index contributed by atoms with van der Waals surface area (Å²) in [4.78, 5) is 14.0. The number of carbonyl (C=O) groups is 1. The van der Waals surface area contributed by atoms with Crippen LogP contribution in [0.3, 0.4) is 0 Å². The summed E-state index contributed by atoms with van der Waals surface area (Å²) in [5.74, 6) is 2.74. The van der Waals surface area contributed by atoms with Crippen LogP contribution in [0.5, 0.6) is 0 Å². The Morgan fingerprint density at radius 3 is 2.75 bits per heavy atom. The zero-order valence-electron chi connectivity index (χ0n) is 17.7. The molecule has 0 saturated carbocycles. The number of hydrogen-bond acceptors (Lipinski definition) is 5. The second-order valence-electron chi connectivity index (χ2n) is 7.85. The first kappa shape index (κ1) is 21.0. The van der Waals surface area contributed by atoms with E-state index in [1.54, 1.807) is 23.1 Å². The van der Waals surface area contributed by atoms with Gasteiger partial charge in [-0.1, -0.05) is 18.6 Å². The Bertz CT molecular complexity index is 1200. The molecule has 162 valence electrons. The zero-order chi connectivity index (χ0) is 21.8. The van der Waals surface area contributed by atoms with Gasteiger partial charge in [0.25, 0.3) is 5.91 Å². The van der Waals surface area contributed by atoms with Crippen LogP contribution in [0.2, 0.25) is 0 Å². The number of rotatable bonds is 6. The van der Waals surface area contributed by atoms with Crippen LogP contribution in [0.15, 0.2) is 70.3 Å². The molecule has 4 aromatic rings. The average Bonchev–Trinajstić information content (AvgIpc) is 3.43. The molecule has 0 saturated heterocycles. The summed E-state index contributed by atoms with van der Waals surface area (Å²) < 4.78 is 2.24. The van der Waals surface area contributed by atoms with E-state index in [4.69, 9.17) is 0 Å². The maximum Gasteiger partial charge on any atom is 0.256 e. The van der Waals surface area contributed by atoms with Gasteiger partial charge in [0.1, 0.15) is 5.82 Å². The SMILES string of the molecule is O=C(Nc1ccc(-c2nnc3n2CCCCC3)cc1)c1ccccc1SCc1ccsc1. The normalized spacial score (nSPS) is 13.4. The molecule has 0 radical (unpaired) electrons. The van der Waals surface area contributed by atoms with E-state index >= 15 is 0 Å². The molecule has 0 spiro atoms. The molecule has 5 nitrogen and oxygen atoms in total. The minimum atomic E-state index is -0.0949. The molecule has 0 fully saturated rings. The highest BCUT2D eigenvalue weighted by Gasteiger charge is 2.16. The maximum atomic E-state index is 13.0. The van der Waals surface area contributed by atoms with Gasteiger partial charge in [-0.15, -0.1) is 22.0 Å². The van der Waals surface area contributed by atoms with E-state index in [9.17, 15) is 4.79 Å². The third kappa shape index (κ3) is 4.64. The Balaban J connectivity index is 1.29. The molecule has 0 unspecified atom stereocenters. The van der Waals surface area contributed by atoms with Gasteiger partial charge in [-0.05, 0) is 71.6 Å². The highest BCUT2D eigenvalue weighted by Crippen LogP contribution is 2.28. The summed E-state index contributed by atoms with van der Waals surface area (Å²) in [5, 5.41) is 16.1. The van der Waals surface area contributed by atoms with E-state index < -0.39 is 0 Å². The number of thioether (sulfide) groups is 1. The summed E-state index contributed by atoms with van der Waals surface area (Å²) in [7, 11) is 0. The first-order valence-corrected chi connectivity index (χ1v) is 12.8. The summed E-state index contributed by atoms with van der Waals surface area (Å²) in [6.45, 7) is 0.968. The number of nitrogens with zero attached hydrogens (tertiary/aromatic N) is 3. The number of benzene rings is 2. The predicted molar refractivity (Wildman–Crippen MR) is 131 cm³/mol. The molecule has 1 amide bonds. The van der Waals surface area contributed by atoms with Crippen molar-refractivity contribution in [3.63, 3.8) is 0 Å². The third-order valence-corrected chi connectivity index (χ3v) is 7.49. The lowest BCUT2D eigenvalue weighted by Gasteiger charge is -2.11. The fourth-order valence-corrected chi connectivity index (χ4v) is 5.68. The van der Waals surface area contributed by atoms with E-state index in [2.05, 4.69) is 36.9 Å². The van der Waals surface area contributed by atoms with Gasteiger partial charge in [0.15, 0.2) is 5.82 Å². The van der Waals surface area contributed by atoms with Crippen LogP contribution in [-0.4, -0.2) is 20.7 Å². The molecule has 1 aliphatic rings. The second-order valence-corrected chi connectivity index (χ2v) is 9.65. The number of thiophene rings is 1. The Labute approximate surface area is 195 Å². The van der Waals surface area contributed by atoms with E-state index in [1.165, 1.54) is 18.4 Å². The molecule has 5 rings (SSSR count). The fraction of sp³-hybridized carbons (Fsp3) is 0.240. The van der Waals surface area contributed by atoms with Crippen molar-refractivity contribution in [2.75, 3.05) is 5.32 Å². The van der Waals surface area contributed by atoms with Crippen molar-refractivity contribution in [3.05, 3.63) is 82.3 Å². The largest absolute Gasteiger partial charge is 0.322 e. The molecule has 0 atom stereocenters. The van der Waals surface area contributed by atoms with Crippen molar-refractivity contribution in [2.45, 2.75) is 42.9 Å². The van der Waals surface area contributed by atoms with Gasteiger partial charge in [0.05, 0.1) is 5.56 Å². The van der Waals surface area contributed by atoms with Crippen molar-refractivity contribution in [1.29, 1.82) is 0 Å². The van der Waals surface area contributed by atoms with Crippen LogP contribution in [0.4, 0.5) is 5.69 Å². The van der Waals surface area contributed by atoms with Crippen LogP contribution in [0, 0.1) is 0 Å². The third-order valence-electron chi connectivity index (χ3n) is 5.62. The minimum absolute atomic E-state index is 0.0949. The van der Waals surface area contributed by atoms with Crippen LogP contribution in [-0.2, 0) is 18.7 Å². The number of nitrogens with one attached hydrogen (secondary N) is 1. The number of aromatic nitrogens is 3. The number of anilines is 1. The first-order chi connectivity index (χ1) is 15.8. The molecule has 3 heterocycles. The van der Waals surface area contributed by atoms with Crippen molar-refractivity contribution in [1.82, 2.24) is 14.8 Å². The number of carbonyl (C=O) groups excluding carboxylic acids is 1. The number of aryl methyl sites for hydroxylation is 1. The smallest absolute Gasteiger partial charge is 0.256 e. The van der Waals surface area contributed by atoms with Gasteiger partial charge in [-0.2, -0.15) is 11.3 Å². The van der Waals surface area contributed by atoms with Crippen molar-refractivity contribution >= 4 is 34.7 Å². The second kappa shape index (κ2) is 9.71. The van der Waals surface area contributed by atoms with Crippen LogP contribution >= 0.6 is 23.1 Å². The molecule has 1 aliphatic heterocycles. The molecule has 2 aromatic heterocycles. The minimum Gasteiger partial charge on any atom is -0.322 e. The zero-order valence-corrected chi connectivity index (χ0v) is 19.3. The van der Waals surface area contributed by atoms with Gasteiger partial charge < -0.3 is 9.88 Å². The Hall–Kier alpha value is -2.90. The summed E-state index contributed by atoms with van der Waals surface area (Å²) >= 11 is 3.38. The van der Waals surface area contributed by atoms with Crippen molar-refractivity contribution in [2.24, 2.45) is 0 Å². The van der Waals surface area contributed by atoms with E-state index in [0.29, 0.717) is 5.56 Å². The molecule has 2 aromatic carbocycles. The molecule has 0 bridgehead atoms. The molecular weight excluding hydrogens is 436 g/mol. The number of amides is 1. The van der Waals surface area contributed by atoms with Gasteiger partial charge in [-0.25, -0.2) is 0 Å². The fourth-order valence-electron chi connectivity index (χ4n) is 3.92. The van der Waals surface area contributed by atoms with Gasteiger partial charge >= 0.3 is 0 Å². The quantitative estimate of drug-likeness (QED) is 0.344. The standard InChI is InChI=1S/C25H24N4OS2/c30-25(21-6-3-4-7-22(21)32-17-18-13-15-31-16-18)26-20-11-9-19(10-12-20)24-28-27-23-8-2-1-5-14-29(23)24/h3-4,6-7,9-13,15-16H,1-2,5,8,14,17H2,(H,26,30). The van der Waals surface area contributed by atoms with Crippen LogP contribution in [0.1, 0.15) is 41.0 Å². The van der Waals surface area contributed by atoms with Gasteiger partial charge in [-0.3, -0.25) is 4.79 Å². The predicted octanol–water partition coefficient (Wildman–Crippen LogP) is 6.28. The summed E-state index contributed by atoms with van der Waals surface area (Å²) in [6, 6.07) is 17.8. The lowest BCUT2D eigenvalue weighted by Crippen LogP contribution is -2.13. The average molecular weight is 461 g/mol. The highest BCUT2D eigenvalue weighted by molar-refractivity contribution is 7.98. The monoisotopic (exact) mass is 460 g/mol. The lowest BCUT2D eigenvalue weighted by atomic mass is 10.1. The Morgan fingerprint density at radius 2 is 1.91 bits per heavy atom. The molecule has 7 heteroatoms. The van der Waals surface area contributed by atoms with Crippen molar-refractivity contribution in [3.8, 4) is 11.4 Å². The molecular formula is C25H24N4OS2. The van der Waals surface area contributed by atoms with Crippen molar-refractivity contribution < 1.29 is 4.79 Å². The lowest BCUT2D eigenvalue weighted by molar-refractivity contribution is 0.102. The Kier molecular flexibility index (Phi) is 6.36. The van der Waals surface area contributed by atoms with Gasteiger partial charge in [0, 0.05) is 34.9 Å². The maximum absolute atomic E-state index is 13.0. The number of hydrogen-bond donors (Lipinski definition) is 1. The van der Waals surface area contributed by atoms with E-state index in [1.807, 2.05) is 48.5 Å². The molecule has 32 heavy (non-hydrogen) atoms. The Morgan fingerprint density at radius 1 is 1.03 bits per heavy atom. The van der Waals surface area contributed by atoms with Crippen LogP contribution < -0.4 is 5.32 Å². The van der Waals surface area contributed by atoms with Crippen LogP contribution in [0.25, 0.3) is 11.4 Å². The highest BCUT2D eigenvalue weighted by atomic mass is 32.2.